The summed E-state index contributed by atoms with van der Waals surface area (Å²) in [4.78, 5) is 24.5. The first kappa shape index (κ1) is 16.1. The lowest BCUT2D eigenvalue weighted by atomic mass is 10.2. The highest BCUT2D eigenvalue weighted by molar-refractivity contribution is 5.85. The monoisotopic (exact) mass is 307 g/mol. The van der Waals surface area contributed by atoms with Gasteiger partial charge in [0.15, 0.2) is 6.61 Å². The molecule has 1 aromatic rings. The first-order chi connectivity index (χ1) is 10.6. The molecular weight excluding hydrogens is 286 g/mol. The molecule has 6 heteroatoms. The average molecular weight is 307 g/mol. The van der Waals surface area contributed by atoms with Crippen molar-refractivity contribution in [1.82, 2.24) is 4.90 Å². The van der Waals surface area contributed by atoms with Crippen molar-refractivity contribution in [1.29, 1.82) is 0 Å². The maximum absolute atomic E-state index is 12.1. The summed E-state index contributed by atoms with van der Waals surface area (Å²) in [5.41, 5.74) is 0. The first-order valence-electron chi connectivity index (χ1n) is 7.49. The number of aliphatic carboxylic acids is 1. The molecule has 1 amide bonds. The third-order valence-corrected chi connectivity index (χ3v) is 3.52. The van der Waals surface area contributed by atoms with Gasteiger partial charge in [-0.25, -0.2) is 4.79 Å². The quantitative estimate of drug-likeness (QED) is 0.833. The van der Waals surface area contributed by atoms with Gasteiger partial charge in [-0.3, -0.25) is 4.79 Å². The van der Waals surface area contributed by atoms with E-state index in [9.17, 15) is 9.59 Å². The number of likely N-dealkylation sites (tertiary alicyclic amines) is 1. The Kier molecular flexibility index (Phi) is 5.63. The van der Waals surface area contributed by atoms with Crippen LogP contribution >= 0.6 is 0 Å². The van der Waals surface area contributed by atoms with Crippen LogP contribution in [0.5, 0.6) is 11.5 Å². The van der Waals surface area contributed by atoms with Crippen LogP contribution in [-0.4, -0.2) is 47.7 Å². The highest BCUT2D eigenvalue weighted by atomic mass is 16.5. The molecule has 1 N–H and O–H groups in total. The second-order valence-electron chi connectivity index (χ2n) is 5.19. The maximum Gasteiger partial charge on any atom is 0.326 e. The Morgan fingerprint density at radius 3 is 2.45 bits per heavy atom. The molecule has 6 nitrogen and oxygen atoms in total. The number of carbonyl (C=O) groups is 2. The van der Waals surface area contributed by atoms with Crippen LogP contribution in [0, 0.1) is 0 Å². The van der Waals surface area contributed by atoms with E-state index in [2.05, 4.69) is 0 Å². The molecule has 1 saturated heterocycles. The molecule has 1 aliphatic heterocycles. The summed E-state index contributed by atoms with van der Waals surface area (Å²) in [6.45, 7) is 3.01. The fourth-order valence-corrected chi connectivity index (χ4v) is 2.40. The number of hydrogen-bond acceptors (Lipinski definition) is 4. The number of carbonyl (C=O) groups excluding carboxylic acids is 1. The van der Waals surface area contributed by atoms with Crippen molar-refractivity contribution in [2.75, 3.05) is 19.8 Å². The van der Waals surface area contributed by atoms with Crippen molar-refractivity contribution in [3.8, 4) is 11.5 Å². The van der Waals surface area contributed by atoms with Crippen LogP contribution in [-0.2, 0) is 9.59 Å². The lowest BCUT2D eigenvalue weighted by molar-refractivity contribution is -0.148. The van der Waals surface area contributed by atoms with E-state index in [4.69, 9.17) is 14.6 Å². The number of rotatable bonds is 7. The number of carboxylic acids is 1. The molecule has 22 heavy (non-hydrogen) atoms. The van der Waals surface area contributed by atoms with Crippen molar-refractivity contribution in [3.05, 3.63) is 24.3 Å². The minimum atomic E-state index is -0.955. The molecule has 1 unspecified atom stereocenters. The molecule has 0 aliphatic carbocycles. The third-order valence-electron chi connectivity index (χ3n) is 3.52. The van der Waals surface area contributed by atoms with E-state index < -0.39 is 12.0 Å². The summed E-state index contributed by atoms with van der Waals surface area (Å²) in [5.74, 6) is 0.0637. The summed E-state index contributed by atoms with van der Waals surface area (Å²) in [5, 5.41) is 9.07. The zero-order chi connectivity index (χ0) is 15.9. The number of hydrogen-bond donors (Lipinski definition) is 1. The second kappa shape index (κ2) is 7.68. The van der Waals surface area contributed by atoms with Crippen LogP contribution in [0.2, 0.25) is 0 Å². The van der Waals surface area contributed by atoms with Crippen LogP contribution in [0.15, 0.2) is 24.3 Å². The highest BCUT2D eigenvalue weighted by Gasteiger charge is 2.33. The molecule has 120 valence electrons. The zero-order valence-electron chi connectivity index (χ0n) is 12.7. The van der Waals surface area contributed by atoms with Crippen LogP contribution in [0.1, 0.15) is 26.2 Å². The predicted octanol–water partition coefficient (Wildman–Crippen LogP) is 1.93. The van der Waals surface area contributed by atoms with Gasteiger partial charge in [-0.05, 0) is 43.5 Å². The highest BCUT2D eigenvalue weighted by Crippen LogP contribution is 2.20. The molecule has 1 heterocycles. The summed E-state index contributed by atoms with van der Waals surface area (Å²) in [7, 11) is 0. The Bertz CT molecular complexity index is 514. The molecule has 1 aromatic carbocycles. The number of carboxylic acid groups (broad SMARTS) is 1. The van der Waals surface area contributed by atoms with E-state index in [0.29, 0.717) is 31.7 Å². The van der Waals surface area contributed by atoms with Crippen molar-refractivity contribution in [2.24, 2.45) is 0 Å². The van der Waals surface area contributed by atoms with Gasteiger partial charge in [0.2, 0.25) is 0 Å². The van der Waals surface area contributed by atoms with Crippen molar-refractivity contribution >= 4 is 11.9 Å². The topological polar surface area (TPSA) is 76.1 Å². The van der Waals surface area contributed by atoms with Crippen LogP contribution in [0.4, 0.5) is 0 Å². The van der Waals surface area contributed by atoms with Crippen molar-refractivity contribution < 1.29 is 24.2 Å². The van der Waals surface area contributed by atoms with E-state index in [1.807, 2.05) is 6.92 Å². The zero-order valence-corrected chi connectivity index (χ0v) is 12.7. The first-order valence-corrected chi connectivity index (χ1v) is 7.49. The fraction of sp³-hybridized carbons (Fsp3) is 0.500. The average Bonchev–Trinajstić information content (AvgIpc) is 3.01. The minimum absolute atomic E-state index is 0.154. The van der Waals surface area contributed by atoms with E-state index in [0.717, 1.165) is 12.2 Å². The van der Waals surface area contributed by atoms with Gasteiger partial charge in [0.1, 0.15) is 17.5 Å². The van der Waals surface area contributed by atoms with Gasteiger partial charge >= 0.3 is 5.97 Å². The van der Waals surface area contributed by atoms with E-state index in [1.165, 1.54) is 4.90 Å². The smallest absolute Gasteiger partial charge is 0.326 e. The standard InChI is InChI=1S/C16H21NO5/c1-2-10-21-12-5-7-13(8-6-12)22-11-15(18)17-9-3-4-14(17)16(19)20/h5-8,14H,2-4,9-11H2,1H3,(H,19,20). The molecular formula is C16H21NO5. The van der Waals surface area contributed by atoms with Crippen LogP contribution in [0.3, 0.4) is 0 Å². The third kappa shape index (κ3) is 4.13. The molecule has 0 spiro atoms. The van der Waals surface area contributed by atoms with Gasteiger partial charge in [-0.15, -0.1) is 0 Å². The number of nitrogens with zero attached hydrogens (tertiary/aromatic N) is 1. The Hall–Kier alpha value is -2.24. The minimum Gasteiger partial charge on any atom is -0.494 e. The molecule has 0 saturated carbocycles. The van der Waals surface area contributed by atoms with E-state index >= 15 is 0 Å². The second-order valence-corrected chi connectivity index (χ2v) is 5.19. The molecule has 0 radical (unpaired) electrons. The number of benzene rings is 1. The molecule has 0 bridgehead atoms. The Balaban J connectivity index is 1.84. The van der Waals surface area contributed by atoms with Crippen molar-refractivity contribution in [3.63, 3.8) is 0 Å². The van der Waals surface area contributed by atoms with E-state index in [-0.39, 0.29) is 12.5 Å². The summed E-state index contributed by atoms with van der Waals surface area (Å²) in [6, 6.07) is 6.31. The van der Waals surface area contributed by atoms with Gasteiger partial charge in [0, 0.05) is 6.54 Å². The van der Waals surface area contributed by atoms with Gasteiger partial charge in [-0.2, -0.15) is 0 Å². The van der Waals surface area contributed by atoms with Crippen LogP contribution in [0.25, 0.3) is 0 Å². The fourth-order valence-electron chi connectivity index (χ4n) is 2.40. The molecule has 0 aromatic heterocycles. The predicted molar refractivity (Wildman–Crippen MR) is 80.1 cm³/mol. The van der Waals surface area contributed by atoms with Gasteiger partial charge in [0.25, 0.3) is 5.91 Å². The van der Waals surface area contributed by atoms with E-state index in [1.54, 1.807) is 24.3 Å². The molecule has 1 atom stereocenters. The Morgan fingerprint density at radius 1 is 1.23 bits per heavy atom. The largest absolute Gasteiger partial charge is 0.494 e. The molecule has 1 aliphatic rings. The summed E-state index contributed by atoms with van der Waals surface area (Å²) >= 11 is 0. The lowest BCUT2D eigenvalue weighted by Gasteiger charge is -2.21. The maximum atomic E-state index is 12.1. The summed E-state index contributed by atoms with van der Waals surface area (Å²) in [6.07, 6.45) is 2.16. The van der Waals surface area contributed by atoms with Gasteiger partial charge < -0.3 is 19.5 Å². The van der Waals surface area contributed by atoms with Crippen LogP contribution < -0.4 is 9.47 Å². The summed E-state index contributed by atoms with van der Waals surface area (Å²) < 4.78 is 10.9. The number of amides is 1. The molecule has 1 fully saturated rings. The number of ether oxygens (including phenoxy) is 2. The SMILES string of the molecule is CCCOc1ccc(OCC(=O)N2CCCC2C(=O)O)cc1. The molecule has 2 rings (SSSR count). The Labute approximate surface area is 129 Å². The Morgan fingerprint density at radius 2 is 1.86 bits per heavy atom. The van der Waals surface area contributed by atoms with Crippen molar-refractivity contribution in [2.45, 2.75) is 32.2 Å². The normalized spacial score (nSPS) is 17.3. The van der Waals surface area contributed by atoms with Gasteiger partial charge in [0.05, 0.1) is 6.61 Å². The lowest BCUT2D eigenvalue weighted by Crippen LogP contribution is -2.42. The van der Waals surface area contributed by atoms with Gasteiger partial charge in [-0.1, -0.05) is 6.92 Å².